The molecule has 1 aromatic carbocycles. The first-order valence-corrected chi connectivity index (χ1v) is 6.25. The summed E-state index contributed by atoms with van der Waals surface area (Å²) in [4.78, 5) is 0. The van der Waals surface area contributed by atoms with Crippen LogP contribution in [0.25, 0.3) is 0 Å². The number of para-hydroxylation sites is 2. The monoisotopic (exact) mass is 244 g/mol. The van der Waals surface area contributed by atoms with Crippen LogP contribution in [0.5, 0.6) is 5.75 Å². The van der Waals surface area contributed by atoms with Crippen molar-refractivity contribution in [3.8, 4) is 5.75 Å². The van der Waals surface area contributed by atoms with E-state index in [1.54, 1.807) is 0 Å². The van der Waals surface area contributed by atoms with E-state index in [2.05, 4.69) is 17.6 Å². The maximum atomic E-state index is 5.77. The van der Waals surface area contributed by atoms with Gasteiger partial charge in [-0.25, -0.2) is 0 Å². The van der Waals surface area contributed by atoms with Crippen molar-refractivity contribution in [2.75, 3.05) is 5.32 Å². The Morgan fingerprint density at radius 1 is 1.22 bits per heavy atom. The van der Waals surface area contributed by atoms with Crippen LogP contribution in [0.15, 0.2) is 42.7 Å². The Bertz CT molecular complexity index is 503. The van der Waals surface area contributed by atoms with Crippen molar-refractivity contribution in [2.24, 2.45) is 7.05 Å². The largest absolute Gasteiger partial charge is 0.489 e. The second-order valence-corrected chi connectivity index (χ2v) is 4.70. The average Bonchev–Trinajstić information content (AvgIpc) is 2.73. The van der Waals surface area contributed by atoms with Gasteiger partial charge in [0.1, 0.15) is 5.75 Å². The lowest BCUT2D eigenvalue weighted by atomic mass is 10.2. The highest BCUT2D eigenvalue weighted by molar-refractivity contribution is 5.56. The molecular weight excluding hydrogens is 224 g/mol. The molecule has 0 aliphatic carbocycles. The fourth-order valence-corrected chi connectivity index (χ4v) is 1.83. The van der Waals surface area contributed by atoms with Crippen LogP contribution in [0.1, 0.15) is 19.4 Å². The number of rotatable bonds is 5. The molecule has 0 saturated heterocycles. The number of benzene rings is 1. The molecule has 1 aromatic heterocycles. The number of nitrogens with one attached hydrogen (secondary N) is 1. The van der Waals surface area contributed by atoms with E-state index >= 15 is 0 Å². The molecule has 2 aromatic rings. The molecule has 0 atom stereocenters. The first kappa shape index (κ1) is 12.6. The summed E-state index contributed by atoms with van der Waals surface area (Å²) in [7, 11) is 2.03. The summed E-state index contributed by atoms with van der Waals surface area (Å²) in [5, 5.41) is 3.41. The molecule has 0 aliphatic rings. The SMILES string of the molecule is CC(C)Oc1ccccc1NCc1ccn(C)c1. The Morgan fingerprint density at radius 2 is 2.00 bits per heavy atom. The van der Waals surface area contributed by atoms with Crippen LogP contribution in [0, 0.1) is 0 Å². The average molecular weight is 244 g/mol. The van der Waals surface area contributed by atoms with Gasteiger partial charge in [0.05, 0.1) is 11.8 Å². The molecule has 0 radical (unpaired) electrons. The fraction of sp³-hybridized carbons (Fsp3) is 0.333. The van der Waals surface area contributed by atoms with Gasteiger partial charge >= 0.3 is 0 Å². The summed E-state index contributed by atoms with van der Waals surface area (Å²) in [6.07, 6.45) is 4.34. The third-order valence-corrected chi connectivity index (χ3v) is 2.63. The van der Waals surface area contributed by atoms with Crippen LogP contribution < -0.4 is 10.1 Å². The first-order valence-electron chi connectivity index (χ1n) is 6.25. The zero-order valence-electron chi connectivity index (χ0n) is 11.2. The second-order valence-electron chi connectivity index (χ2n) is 4.70. The van der Waals surface area contributed by atoms with Gasteiger partial charge in [-0.2, -0.15) is 0 Å². The molecule has 0 unspecified atom stereocenters. The maximum Gasteiger partial charge on any atom is 0.142 e. The summed E-state index contributed by atoms with van der Waals surface area (Å²) in [5.41, 5.74) is 2.30. The Morgan fingerprint density at radius 3 is 2.67 bits per heavy atom. The summed E-state index contributed by atoms with van der Waals surface area (Å²) in [6, 6.07) is 10.2. The zero-order chi connectivity index (χ0) is 13.0. The molecule has 3 nitrogen and oxygen atoms in total. The summed E-state index contributed by atoms with van der Waals surface area (Å²) < 4.78 is 7.82. The third-order valence-electron chi connectivity index (χ3n) is 2.63. The number of nitrogens with zero attached hydrogens (tertiary/aromatic N) is 1. The number of anilines is 1. The van der Waals surface area contributed by atoms with E-state index in [4.69, 9.17) is 4.74 Å². The van der Waals surface area contributed by atoms with Gasteiger partial charge in [-0.3, -0.25) is 0 Å². The molecule has 0 spiro atoms. The highest BCUT2D eigenvalue weighted by Gasteiger charge is 2.04. The van der Waals surface area contributed by atoms with Gasteiger partial charge in [0.2, 0.25) is 0 Å². The Kier molecular flexibility index (Phi) is 3.92. The smallest absolute Gasteiger partial charge is 0.142 e. The van der Waals surface area contributed by atoms with Crippen molar-refractivity contribution in [3.05, 3.63) is 48.3 Å². The van der Waals surface area contributed by atoms with Crippen molar-refractivity contribution >= 4 is 5.69 Å². The topological polar surface area (TPSA) is 26.2 Å². The molecule has 0 saturated carbocycles. The lowest BCUT2D eigenvalue weighted by Crippen LogP contribution is -2.08. The highest BCUT2D eigenvalue weighted by Crippen LogP contribution is 2.25. The van der Waals surface area contributed by atoms with E-state index in [0.29, 0.717) is 0 Å². The van der Waals surface area contributed by atoms with E-state index < -0.39 is 0 Å². The van der Waals surface area contributed by atoms with Crippen LogP contribution in [0.2, 0.25) is 0 Å². The highest BCUT2D eigenvalue weighted by atomic mass is 16.5. The van der Waals surface area contributed by atoms with Gasteiger partial charge in [-0.1, -0.05) is 12.1 Å². The molecule has 96 valence electrons. The summed E-state index contributed by atoms with van der Waals surface area (Å²) >= 11 is 0. The molecule has 0 aliphatic heterocycles. The van der Waals surface area contributed by atoms with Gasteiger partial charge < -0.3 is 14.6 Å². The zero-order valence-corrected chi connectivity index (χ0v) is 11.2. The Hall–Kier alpha value is -1.90. The van der Waals surface area contributed by atoms with Crippen molar-refractivity contribution in [1.29, 1.82) is 0 Å². The van der Waals surface area contributed by atoms with E-state index in [1.807, 2.05) is 55.9 Å². The summed E-state index contributed by atoms with van der Waals surface area (Å²) in [6.45, 7) is 4.88. The molecule has 1 N–H and O–H groups in total. The fourth-order valence-electron chi connectivity index (χ4n) is 1.83. The maximum absolute atomic E-state index is 5.77. The summed E-state index contributed by atoms with van der Waals surface area (Å²) in [5.74, 6) is 0.906. The normalized spacial score (nSPS) is 10.7. The van der Waals surface area contributed by atoms with E-state index in [1.165, 1.54) is 5.56 Å². The third kappa shape index (κ3) is 3.29. The number of ether oxygens (including phenoxy) is 1. The van der Waals surface area contributed by atoms with E-state index in [0.717, 1.165) is 18.0 Å². The minimum atomic E-state index is 0.185. The van der Waals surface area contributed by atoms with Gasteiger partial charge in [0.15, 0.2) is 0 Å². The van der Waals surface area contributed by atoms with E-state index in [-0.39, 0.29) is 6.10 Å². The first-order chi connectivity index (χ1) is 8.65. The minimum Gasteiger partial charge on any atom is -0.489 e. The Labute approximate surface area is 108 Å². The van der Waals surface area contributed by atoms with Crippen molar-refractivity contribution in [3.63, 3.8) is 0 Å². The molecule has 0 amide bonds. The molecule has 3 heteroatoms. The van der Waals surface area contributed by atoms with Crippen LogP contribution in [0.4, 0.5) is 5.69 Å². The molecular formula is C15H20N2O. The molecule has 0 fully saturated rings. The molecule has 18 heavy (non-hydrogen) atoms. The van der Waals surface area contributed by atoms with Gasteiger partial charge in [0.25, 0.3) is 0 Å². The lowest BCUT2D eigenvalue weighted by Gasteiger charge is -2.15. The number of hydrogen-bond acceptors (Lipinski definition) is 2. The van der Waals surface area contributed by atoms with Crippen molar-refractivity contribution < 1.29 is 4.74 Å². The predicted molar refractivity (Wildman–Crippen MR) is 74.9 cm³/mol. The van der Waals surface area contributed by atoms with Crippen LogP contribution in [-0.2, 0) is 13.6 Å². The van der Waals surface area contributed by atoms with Crippen LogP contribution in [0.3, 0.4) is 0 Å². The van der Waals surface area contributed by atoms with Crippen LogP contribution >= 0.6 is 0 Å². The predicted octanol–water partition coefficient (Wildman–Crippen LogP) is 3.42. The molecule has 1 heterocycles. The number of aryl methyl sites for hydroxylation is 1. The van der Waals surface area contributed by atoms with Gasteiger partial charge in [0, 0.05) is 26.0 Å². The standard InChI is InChI=1S/C15H20N2O/c1-12(2)18-15-7-5-4-6-14(15)16-10-13-8-9-17(3)11-13/h4-9,11-12,16H,10H2,1-3H3. The minimum absolute atomic E-state index is 0.185. The molecule has 0 bridgehead atoms. The van der Waals surface area contributed by atoms with E-state index in [9.17, 15) is 0 Å². The number of aromatic nitrogens is 1. The Balaban J connectivity index is 2.04. The van der Waals surface area contributed by atoms with Gasteiger partial charge in [-0.05, 0) is 37.6 Å². The lowest BCUT2D eigenvalue weighted by molar-refractivity contribution is 0.243. The van der Waals surface area contributed by atoms with Gasteiger partial charge in [-0.15, -0.1) is 0 Å². The molecule has 2 rings (SSSR count). The second kappa shape index (κ2) is 5.63. The quantitative estimate of drug-likeness (QED) is 0.872. The van der Waals surface area contributed by atoms with Crippen molar-refractivity contribution in [2.45, 2.75) is 26.5 Å². The van der Waals surface area contributed by atoms with Crippen molar-refractivity contribution in [1.82, 2.24) is 4.57 Å². The number of hydrogen-bond donors (Lipinski definition) is 1. The van der Waals surface area contributed by atoms with Crippen LogP contribution in [-0.4, -0.2) is 10.7 Å².